The zero-order valence-electron chi connectivity index (χ0n) is 30.9. The van der Waals surface area contributed by atoms with Crippen LogP contribution in [0.2, 0.25) is 0 Å². The first-order chi connectivity index (χ1) is 25.0. The fraction of sp³-hybridized carbons (Fsp3) is 0.634. The minimum atomic E-state index is -1.52. The molecular weight excluding hydrogens is 662 g/mol. The largest absolute Gasteiger partial charge is 0.454 e. The van der Waals surface area contributed by atoms with Crippen molar-refractivity contribution in [3.05, 3.63) is 65.5 Å². The first-order valence-corrected chi connectivity index (χ1v) is 19.1. The molecule has 1 unspecified atom stereocenters. The fourth-order valence-electron chi connectivity index (χ4n) is 12.7. The molecule has 1 spiro atoms. The third kappa shape index (κ3) is 4.82. The Bertz CT molecular complexity index is 1750. The summed E-state index contributed by atoms with van der Waals surface area (Å²) < 4.78 is 25.4. The number of carbonyl (C=O) groups excluding carboxylic acids is 2. The Balaban J connectivity index is 1.15. The number of aliphatic hydroxyl groups is 2. The standard InChI is InChI=1S/C41H53N3O8/c1-6-24-16-25(22-42-21-24)12-13-34(45)43-30-11-9-8-10-28(30)37(46)52-38-15-14-33(50-4)40-31(38)19-29(35(40)44(7-2)23-38)39(47)20-27(49-3)17-26-18-32(40)41(39,48)36(26)51-5/h8-13,16,21-22,26-27,29,31-33,35-36,47-48H,6-7,14-15,17-20,23H2,1-5H3,(H,43,45)/b13-12+/t26-,27+,29+,31+,32-,33-,35?,36-,38+,39-,40-,41-/m0/s1. The molecule has 3 N–H and O–H groups in total. The molecule has 6 aliphatic rings. The SMILES string of the molecule is CCc1cncc(/C=C/C(=O)Nc2ccccc2C(=O)O[C@@]23CC[C@H](OC)[C@]45C([C@@H](C[C@H]24)[C@@]2(O)C[C@H](OC)C[C@H]4C[C@@H]5[C@]2(O)[C@H]4OC)N(CC)C3)c1. The van der Waals surface area contributed by atoms with Gasteiger partial charge in [-0.15, -0.1) is 0 Å². The molecule has 5 saturated carbocycles. The number of likely N-dealkylation sites (N-methyl/N-ethyl adjacent to an activating group) is 1. The number of rotatable bonds is 10. The van der Waals surface area contributed by atoms with E-state index in [9.17, 15) is 19.8 Å². The molecular formula is C41H53N3O8. The Hall–Kier alpha value is -3.19. The number of carbonyl (C=O) groups is 2. The lowest BCUT2D eigenvalue weighted by Gasteiger charge is -2.70. The molecule has 280 valence electrons. The fourth-order valence-corrected chi connectivity index (χ4v) is 12.7. The highest BCUT2D eigenvalue weighted by Gasteiger charge is 2.88. The molecule has 6 fully saturated rings. The van der Waals surface area contributed by atoms with Gasteiger partial charge in [-0.25, -0.2) is 4.79 Å². The maximum absolute atomic E-state index is 14.5. The van der Waals surface area contributed by atoms with Crippen molar-refractivity contribution in [2.75, 3.05) is 39.7 Å². The monoisotopic (exact) mass is 715 g/mol. The van der Waals surface area contributed by atoms with Crippen LogP contribution in [0, 0.1) is 29.1 Å². The van der Waals surface area contributed by atoms with Crippen molar-refractivity contribution in [1.82, 2.24) is 9.88 Å². The number of para-hydroxylation sites is 1. The molecule has 52 heavy (non-hydrogen) atoms. The van der Waals surface area contributed by atoms with Crippen LogP contribution in [0.25, 0.3) is 6.08 Å². The van der Waals surface area contributed by atoms with Crippen LogP contribution in [-0.2, 0) is 30.2 Å². The highest BCUT2D eigenvalue weighted by atomic mass is 16.6. The van der Waals surface area contributed by atoms with Gasteiger partial charge in [-0.1, -0.05) is 26.0 Å². The second-order valence-electron chi connectivity index (χ2n) is 16.2. The lowest BCUT2D eigenvalue weighted by Crippen LogP contribution is -2.82. The quantitative estimate of drug-likeness (QED) is 0.242. The Morgan fingerprint density at radius 3 is 2.58 bits per heavy atom. The lowest BCUT2D eigenvalue weighted by atomic mass is 9.43. The number of hydrogen-bond donors (Lipinski definition) is 3. The summed E-state index contributed by atoms with van der Waals surface area (Å²) >= 11 is 0. The van der Waals surface area contributed by atoms with E-state index in [-0.39, 0.29) is 53.4 Å². The summed E-state index contributed by atoms with van der Waals surface area (Å²) in [6.45, 7) is 5.38. The van der Waals surface area contributed by atoms with E-state index in [0.29, 0.717) is 57.3 Å². The number of methoxy groups -OCH3 is 3. The molecule has 1 aliphatic heterocycles. The predicted molar refractivity (Wildman–Crippen MR) is 193 cm³/mol. The lowest BCUT2D eigenvalue weighted by molar-refractivity contribution is -0.328. The van der Waals surface area contributed by atoms with Gasteiger partial charge in [0.15, 0.2) is 0 Å². The van der Waals surface area contributed by atoms with Crippen molar-refractivity contribution in [1.29, 1.82) is 0 Å². The van der Waals surface area contributed by atoms with E-state index in [1.165, 1.54) is 6.08 Å². The van der Waals surface area contributed by atoms with Crippen LogP contribution in [0.4, 0.5) is 5.69 Å². The van der Waals surface area contributed by atoms with Gasteiger partial charge in [-0.2, -0.15) is 0 Å². The van der Waals surface area contributed by atoms with E-state index in [2.05, 4.69) is 29.0 Å². The number of esters is 1. The van der Waals surface area contributed by atoms with Crippen LogP contribution in [-0.4, -0.2) is 108 Å². The molecule has 0 radical (unpaired) electrons. The van der Waals surface area contributed by atoms with Gasteiger partial charge in [0.1, 0.15) is 16.8 Å². The van der Waals surface area contributed by atoms with Crippen molar-refractivity contribution in [2.45, 2.75) is 100.0 Å². The molecule has 1 amide bonds. The van der Waals surface area contributed by atoms with E-state index < -0.39 is 34.3 Å². The second kappa shape index (κ2) is 13.0. The highest BCUT2D eigenvalue weighted by Crippen LogP contribution is 2.78. The highest BCUT2D eigenvalue weighted by molar-refractivity contribution is 6.06. The van der Waals surface area contributed by atoms with Gasteiger partial charge in [0.05, 0.1) is 29.6 Å². The molecule has 1 saturated heterocycles. The van der Waals surface area contributed by atoms with Crippen LogP contribution in [0.15, 0.2) is 48.8 Å². The minimum absolute atomic E-state index is 0.00345. The summed E-state index contributed by atoms with van der Waals surface area (Å²) in [7, 11) is 5.09. The normalized spacial score (nSPS) is 41.5. The number of fused-ring (bicyclic) bond motifs is 2. The third-order valence-electron chi connectivity index (χ3n) is 14.4. The molecule has 5 aliphatic carbocycles. The summed E-state index contributed by atoms with van der Waals surface area (Å²) in [5, 5.41) is 29.2. The van der Waals surface area contributed by atoms with Crippen molar-refractivity contribution in [2.24, 2.45) is 29.1 Å². The second-order valence-corrected chi connectivity index (χ2v) is 16.2. The molecule has 11 nitrogen and oxygen atoms in total. The average molecular weight is 716 g/mol. The van der Waals surface area contributed by atoms with Crippen molar-refractivity contribution in [3.63, 3.8) is 0 Å². The van der Waals surface area contributed by atoms with E-state index in [1.807, 2.05) is 6.07 Å². The van der Waals surface area contributed by atoms with Crippen molar-refractivity contribution in [3.8, 4) is 0 Å². The van der Waals surface area contributed by atoms with Crippen LogP contribution in [0.5, 0.6) is 0 Å². The van der Waals surface area contributed by atoms with Crippen LogP contribution >= 0.6 is 0 Å². The Morgan fingerprint density at radius 1 is 1.04 bits per heavy atom. The molecule has 12 atom stereocenters. The Morgan fingerprint density at radius 2 is 1.85 bits per heavy atom. The number of ether oxygens (including phenoxy) is 4. The molecule has 2 aromatic rings. The maximum Gasteiger partial charge on any atom is 0.340 e. The van der Waals surface area contributed by atoms with Gasteiger partial charge in [-0.05, 0) is 86.4 Å². The molecule has 2 heterocycles. The topological polar surface area (TPSA) is 140 Å². The summed E-state index contributed by atoms with van der Waals surface area (Å²) in [4.78, 5) is 34.3. The predicted octanol–water partition coefficient (Wildman–Crippen LogP) is 4.26. The van der Waals surface area contributed by atoms with Gasteiger partial charge in [0.25, 0.3) is 0 Å². The molecule has 7 bridgehead atoms. The van der Waals surface area contributed by atoms with Crippen LogP contribution in [0.1, 0.15) is 73.9 Å². The minimum Gasteiger partial charge on any atom is -0.454 e. The van der Waals surface area contributed by atoms with Crippen LogP contribution in [0.3, 0.4) is 0 Å². The summed E-state index contributed by atoms with van der Waals surface area (Å²) in [6.07, 6.45) is 10.1. The number of nitrogens with zero attached hydrogens (tertiary/aromatic N) is 2. The van der Waals surface area contributed by atoms with Gasteiger partial charge < -0.3 is 34.5 Å². The van der Waals surface area contributed by atoms with Gasteiger partial charge in [0.2, 0.25) is 5.91 Å². The van der Waals surface area contributed by atoms with Crippen LogP contribution < -0.4 is 5.32 Å². The average Bonchev–Trinajstić information content (AvgIpc) is 3.55. The number of amides is 1. The zero-order chi connectivity index (χ0) is 36.6. The molecule has 1 aromatic heterocycles. The summed E-state index contributed by atoms with van der Waals surface area (Å²) in [6, 6.07) is 8.87. The van der Waals surface area contributed by atoms with Crippen molar-refractivity contribution >= 4 is 23.6 Å². The first kappa shape index (κ1) is 35.8. The van der Waals surface area contributed by atoms with Gasteiger partial charge in [-0.3, -0.25) is 14.7 Å². The number of benzene rings is 1. The van der Waals surface area contributed by atoms with E-state index in [4.69, 9.17) is 18.9 Å². The number of anilines is 1. The first-order valence-electron chi connectivity index (χ1n) is 19.1. The number of hydrogen-bond acceptors (Lipinski definition) is 10. The number of aromatic nitrogens is 1. The van der Waals surface area contributed by atoms with E-state index in [0.717, 1.165) is 17.5 Å². The Labute approximate surface area is 306 Å². The van der Waals surface area contributed by atoms with Gasteiger partial charge >= 0.3 is 5.97 Å². The molecule has 8 rings (SSSR count). The third-order valence-corrected chi connectivity index (χ3v) is 14.4. The maximum atomic E-state index is 14.5. The number of nitrogens with one attached hydrogen (secondary N) is 1. The number of aryl methyl sites for hydroxylation is 1. The number of likely N-dealkylation sites (tertiary alicyclic amines) is 1. The Kier molecular flexibility index (Phi) is 8.95. The smallest absolute Gasteiger partial charge is 0.340 e. The number of pyridine rings is 1. The molecule has 1 aromatic carbocycles. The molecule has 11 heteroatoms. The summed E-state index contributed by atoms with van der Waals surface area (Å²) in [5.41, 5.74) is -1.94. The number of piperidine rings is 1. The van der Waals surface area contributed by atoms with Gasteiger partial charge in [0, 0.05) is 82.0 Å². The van der Waals surface area contributed by atoms with Crippen molar-refractivity contribution < 1.29 is 38.7 Å². The van der Waals surface area contributed by atoms with E-state index in [1.54, 1.807) is 64.1 Å². The summed E-state index contributed by atoms with van der Waals surface area (Å²) in [5.74, 6) is -1.70. The van der Waals surface area contributed by atoms with E-state index >= 15 is 0 Å². The zero-order valence-corrected chi connectivity index (χ0v) is 30.9.